The van der Waals surface area contributed by atoms with Gasteiger partial charge < -0.3 is 9.52 Å². The van der Waals surface area contributed by atoms with Gasteiger partial charge in [-0.3, -0.25) is 4.57 Å². The lowest BCUT2D eigenvalue weighted by Crippen LogP contribution is -2.26. The molecule has 2 heterocycles. The molecule has 0 saturated carbocycles. The van der Waals surface area contributed by atoms with Crippen LogP contribution in [0.2, 0.25) is 0 Å². The third-order valence-corrected chi connectivity index (χ3v) is 3.87. The molecule has 0 aliphatic heterocycles. The van der Waals surface area contributed by atoms with Crippen molar-refractivity contribution in [3.05, 3.63) is 50.0 Å². The fraction of sp³-hybridized carbons (Fsp3) is 0.250. The van der Waals surface area contributed by atoms with E-state index in [9.17, 15) is 9.59 Å². The zero-order valence-corrected chi connectivity index (χ0v) is 11.9. The number of carboxylic acid groups (broad SMARTS) is 1. The third-order valence-electron chi connectivity index (χ3n) is 2.72. The lowest BCUT2D eigenvalue weighted by molar-refractivity contribution is 0.0660. The Bertz CT molecular complexity index is 702. The van der Waals surface area contributed by atoms with Crippen molar-refractivity contribution >= 4 is 21.9 Å². The van der Waals surface area contributed by atoms with E-state index in [4.69, 9.17) is 9.52 Å². The average Bonchev–Trinajstić information content (AvgIpc) is 2.81. The van der Waals surface area contributed by atoms with Crippen LogP contribution < -0.4 is 5.69 Å². The topological polar surface area (TPSA) is 85.3 Å². The monoisotopic (exact) mass is 326 g/mol. The Morgan fingerprint density at radius 3 is 2.74 bits per heavy atom. The van der Waals surface area contributed by atoms with Gasteiger partial charge in [0, 0.05) is 5.69 Å². The molecule has 0 atom stereocenters. The number of rotatable bonds is 3. The summed E-state index contributed by atoms with van der Waals surface area (Å²) in [6.07, 6.45) is 0. The van der Waals surface area contributed by atoms with Gasteiger partial charge in [-0.25, -0.2) is 9.59 Å². The van der Waals surface area contributed by atoms with Crippen molar-refractivity contribution < 1.29 is 14.3 Å². The minimum Gasteiger partial charge on any atom is -0.475 e. The van der Waals surface area contributed by atoms with E-state index in [2.05, 4.69) is 20.9 Å². The largest absolute Gasteiger partial charge is 0.475 e. The summed E-state index contributed by atoms with van der Waals surface area (Å²) < 4.78 is 7.29. The molecule has 0 radical (unpaired) electrons. The molecular formula is C12H11BrN2O4. The standard InChI is InChI=1S/C12H11BrN2O4/c1-6-10(13)7(2)15(12(18)14-6)5-8-3-4-9(19-8)11(16)17/h3-4H,5H2,1-2H3,(H,16,17). The highest BCUT2D eigenvalue weighted by Gasteiger charge is 2.13. The van der Waals surface area contributed by atoms with Crippen molar-refractivity contribution in [1.29, 1.82) is 0 Å². The van der Waals surface area contributed by atoms with Gasteiger partial charge in [-0.15, -0.1) is 0 Å². The van der Waals surface area contributed by atoms with Crippen LogP contribution in [0.4, 0.5) is 0 Å². The number of furan rings is 1. The maximum atomic E-state index is 11.8. The maximum Gasteiger partial charge on any atom is 0.371 e. The predicted molar refractivity (Wildman–Crippen MR) is 70.4 cm³/mol. The van der Waals surface area contributed by atoms with Gasteiger partial charge in [0.15, 0.2) is 0 Å². The normalized spacial score (nSPS) is 10.7. The second-order valence-corrected chi connectivity index (χ2v) is 4.83. The van der Waals surface area contributed by atoms with Crippen molar-refractivity contribution in [3.8, 4) is 0 Å². The minimum absolute atomic E-state index is 0.143. The van der Waals surface area contributed by atoms with Crippen LogP contribution in [0, 0.1) is 13.8 Å². The first kappa shape index (κ1) is 13.5. The number of aromatic nitrogens is 2. The zero-order chi connectivity index (χ0) is 14.2. The molecule has 0 amide bonds. The first-order valence-corrected chi connectivity index (χ1v) is 6.25. The summed E-state index contributed by atoms with van der Waals surface area (Å²) >= 11 is 3.36. The van der Waals surface area contributed by atoms with E-state index >= 15 is 0 Å². The predicted octanol–water partition coefficient (Wildman–Crippen LogP) is 1.96. The lowest BCUT2D eigenvalue weighted by atomic mass is 10.3. The summed E-state index contributed by atoms with van der Waals surface area (Å²) in [6, 6.07) is 2.89. The summed E-state index contributed by atoms with van der Waals surface area (Å²) in [5.74, 6) is -0.904. The Morgan fingerprint density at radius 2 is 2.16 bits per heavy atom. The molecule has 2 rings (SSSR count). The van der Waals surface area contributed by atoms with E-state index in [0.29, 0.717) is 17.1 Å². The van der Waals surface area contributed by atoms with Gasteiger partial charge in [0.1, 0.15) is 5.76 Å². The minimum atomic E-state index is -1.14. The second kappa shape index (κ2) is 5.00. The van der Waals surface area contributed by atoms with Crippen LogP contribution in [0.15, 0.2) is 25.8 Å². The summed E-state index contributed by atoms with van der Waals surface area (Å²) in [5, 5.41) is 8.77. The highest BCUT2D eigenvalue weighted by molar-refractivity contribution is 9.10. The number of halogens is 1. The molecule has 0 aliphatic rings. The van der Waals surface area contributed by atoms with Gasteiger partial charge in [-0.1, -0.05) is 0 Å². The highest BCUT2D eigenvalue weighted by atomic mass is 79.9. The number of hydrogen-bond donors (Lipinski definition) is 1. The Kier molecular flexibility index (Phi) is 3.57. The van der Waals surface area contributed by atoms with Gasteiger partial charge >= 0.3 is 11.7 Å². The molecule has 0 fully saturated rings. The van der Waals surface area contributed by atoms with Crippen LogP contribution in [0.1, 0.15) is 27.7 Å². The summed E-state index contributed by atoms with van der Waals surface area (Å²) in [4.78, 5) is 26.4. The maximum absolute atomic E-state index is 11.8. The number of aryl methyl sites for hydroxylation is 1. The highest BCUT2D eigenvalue weighted by Crippen LogP contribution is 2.18. The fourth-order valence-corrected chi connectivity index (χ4v) is 2.00. The molecular weight excluding hydrogens is 316 g/mol. The van der Waals surface area contributed by atoms with Gasteiger partial charge in [0.2, 0.25) is 5.76 Å². The Labute approximate surface area is 116 Å². The van der Waals surface area contributed by atoms with Crippen LogP contribution in [0.25, 0.3) is 0 Å². The van der Waals surface area contributed by atoms with Crippen molar-refractivity contribution in [1.82, 2.24) is 9.55 Å². The first-order valence-electron chi connectivity index (χ1n) is 5.45. The van der Waals surface area contributed by atoms with Crippen molar-refractivity contribution in [3.63, 3.8) is 0 Å². The van der Waals surface area contributed by atoms with E-state index in [1.807, 2.05) is 0 Å². The van der Waals surface area contributed by atoms with E-state index in [1.165, 1.54) is 16.7 Å². The molecule has 6 nitrogen and oxygen atoms in total. The lowest BCUT2D eigenvalue weighted by Gasteiger charge is -2.10. The molecule has 2 aromatic heterocycles. The van der Waals surface area contributed by atoms with Crippen LogP contribution in [-0.4, -0.2) is 20.6 Å². The summed E-state index contributed by atoms with van der Waals surface area (Å²) in [6.45, 7) is 3.66. The smallest absolute Gasteiger partial charge is 0.371 e. The molecule has 100 valence electrons. The molecule has 0 bridgehead atoms. The molecule has 2 aromatic rings. The van der Waals surface area contributed by atoms with Gasteiger partial charge in [-0.2, -0.15) is 4.98 Å². The number of nitrogens with zero attached hydrogens (tertiary/aromatic N) is 2. The molecule has 0 unspecified atom stereocenters. The number of hydrogen-bond acceptors (Lipinski definition) is 4. The molecule has 0 aliphatic carbocycles. The van der Waals surface area contributed by atoms with E-state index < -0.39 is 11.7 Å². The number of carboxylic acids is 1. The summed E-state index contributed by atoms with van der Waals surface area (Å²) in [7, 11) is 0. The summed E-state index contributed by atoms with van der Waals surface area (Å²) in [5.41, 5.74) is 0.932. The Balaban J connectivity index is 2.41. The molecule has 1 N–H and O–H groups in total. The van der Waals surface area contributed by atoms with Crippen molar-refractivity contribution in [2.75, 3.05) is 0 Å². The van der Waals surface area contributed by atoms with E-state index in [0.717, 1.165) is 4.47 Å². The van der Waals surface area contributed by atoms with E-state index in [1.54, 1.807) is 13.8 Å². The van der Waals surface area contributed by atoms with Crippen LogP contribution in [0.5, 0.6) is 0 Å². The number of aromatic carboxylic acids is 1. The van der Waals surface area contributed by atoms with Crippen LogP contribution in [0.3, 0.4) is 0 Å². The SMILES string of the molecule is Cc1nc(=O)n(Cc2ccc(C(=O)O)o2)c(C)c1Br. The second-order valence-electron chi connectivity index (χ2n) is 4.04. The molecule has 0 saturated heterocycles. The van der Waals surface area contributed by atoms with Gasteiger partial charge in [0.25, 0.3) is 0 Å². The van der Waals surface area contributed by atoms with Crippen molar-refractivity contribution in [2.45, 2.75) is 20.4 Å². The molecule has 19 heavy (non-hydrogen) atoms. The zero-order valence-electron chi connectivity index (χ0n) is 10.3. The Hall–Kier alpha value is -1.89. The quantitative estimate of drug-likeness (QED) is 0.931. The molecule has 0 aromatic carbocycles. The van der Waals surface area contributed by atoms with Gasteiger partial charge in [0.05, 0.1) is 16.7 Å². The van der Waals surface area contributed by atoms with Crippen LogP contribution in [-0.2, 0) is 6.54 Å². The third kappa shape index (κ3) is 2.60. The Morgan fingerprint density at radius 1 is 1.47 bits per heavy atom. The fourth-order valence-electron chi connectivity index (χ4n) is 1.70. The molecule has 0 spiro atoms. The average molecular weight is 327 g/mol. The van der Waals surface area contributed by atoms with E-state index in [-0.39, 0.29) is 12.3 Å². The van der Waals surface area contributed by atoms with Crippen molar-refractivity contribution in [2.24, 2.45) is 0 Å². The van der Waals surface area contributed by atoms with Crippen LogP contribution >= 0.6 is 15.9 Å². The number of carbonyl (C=O) groups is 1. The van der Waals surface area contributed by atoms with Gasteiger partial charge in [-0.05, 0) is 41.9 Å². The first-order chi connectivity index (χ1) is 8.90. The molecule has 7 heteroatoms.